The number of carbonyl (C=O) groups is 1. The number of anilines is 1. The number of aromatic nitrogens is 2. The lowest BCUT2D eigenvalue weighted by molar-refractivity contribution is 0.0937. The van der Waals surface area contributed by atoms with Crippen molar-refractivity contribution in [1.29, 1.82) is 0 Å². The zero-order chi connectivity index (χ0) is 17.9. The fourth-order valence-electron chi connectivity index (χ4n) is 3.35. The van der Waals surface area contributed by atoms with Crippen LogP contribution in [0.5, 0.6) is 0 Å². The molecule has 4 rings (SSSR count). The standard InChI is InChI=1S/C20H22N4OS/c1-14-9-10-18(26-14)20(25)21-16-8-5-11-24(13-16)19-12-17(22-23-19)15-6-3-2-4-7-15/h2-4,6-7,9-10,12,16H,5,8,11,13H2,1H3,(H,21,25)(H,22,23). The van der Waals surface area contributed by atoms with E-state index in [-0.39, 0.29) is 11.9 Å². The molecule has 0 saturated carbocycles. The fraction of sp³-hybridized carbons (Fsp3) is 0.300. The number of thiophene rings is 1. The number of hydrogen-bond donors (Lipinski definition) is 2. The van der Waals surface area contributed by atoms with Crippen molar-refractivity contribution in [2.24, 2.45) is 0 Å². The molecule has 0 spiro atoms. The second-order valence-corrected chi connectivity index (χ2v) is 7.96. The summed E-state index contributed by atoms with van der Waals surface area (Å²) in [5.41, 5.74) is 2.14. The summed E-state index contributed by atoms with van der Waals surface area (Å²) in [6.45, 7) is 3.77. The van der Waals surface area contributed by atoms with Crippen LogP contribution in [-0.2, 0) is 0 Å². The molecular formula is C20H22N4OS. The number of aryl methyl sites for hydroxylation is 1. The van der Waals surface area contributed by atoms with Crippen molar-refractivity contribution in [1.82, 2.24) is 15.5 Å². The SMILES string of the molecule is Cc1ccc(C(=O)NC2CCCN(c3cc(-c4ccccc4)[nH]n3)C2)s1. The van der Waals surface area contributed by atoms with Gasteiger partial charge in [-0.15, -0.1) is 11.3 Å². The molecule has 2 aromatic heterocycles. The van der Waals surface area contributed by atoms with Gasteiger partial charge in [-0.2, -0.15) is 5.10 Å². The number of nitrogens with zero attached hydrogens (tertiary/aromatic N) is 2. The number of benzene rings is 1. The molecule has 2 N–H and O–H groups in total. The lowest BCUT2D eigenvalue weighted by atomic mass is 10.1. The van der Waals surface area contributed by atoms with E-state index in [0.717, 1.165) is 52.8 Å². The normalized spacial score (nSPS) is 17.3. The molecule has 0 radical (unpaired) electrons. The maximum Gasteiger partial charge on any atom is 0.261 e. The quantitative estimate of drug-likeness (QED) is 0.737. The molecule has 1 amide bonds. The lowest BCUT2D eigenvalue weighted by Gasteiger charge is -2.33. The molecule has 1 atom stereocenters. The minimum absolute atomic E-state index is 0.0296. The Bertz CT molecular complexity index is 886. The van der Waals surface area contributed by atoms with Gasteiger partial charge in [-0.1, -0.05) is 30.3 Å². The molecule has 1 unspecified atom stereocenters. The van der Waals surface area contributed by atoms with E-state index in [1.807, 2.05) is 37.3 Å². The Morgan fingerprint density at radius 2 is 2.12 bits per heavy atom. The van der Waals surface area contributed by atoms with E-state index in [0.29, 0.717) is 0 Å². The van der Waals surface area contributed by atoms with Crippen LogP contribution in [0, 0.1) is 6.92 Å². The van der Waals surface area contributed by atoms with Gasteiger partial charge in [-0.05, 0) is 37.5 Å². The van der Waals surface area contributed by atoms with E-state index >= 15 is 0 Å². The summed E-state index contributed by atoms with van der Waals surface area (Å²) in [5.74, 6) is 0.969. The number of H-pyrrole nitrogens is 1. The Kier molecular flexibility index (Phi) is 4.75. The van der Waals surface area contributed by atoms with Gasteiger partial charge < -0.3 is 10.2 Å². The van der Waals surface area contributed by atoms with E-state index in [4.69, 9.17) is 0 Å². The van der Waals surface area contributed by atoms with Gasteiger partial charge >= 0.3 is 0 Å². The summed E-state index contributed by atoms with van der Waals surface area (Å²) in [5, 5.41) is 10.8. The van der Waals surface area contributed by atoms with Crippen molar-refractivity contribution in [3.8, 4) is 11.3 Å². The first kappa shape index (κ1) is 16.8. The first-order chi connectivity index (χ1) is 12.7. The second-order valence-electron chi connectivity index (χ2n) is 6.67. The summed E-state index contributed by atoms with van der Waals surface area (Å²) in [7, 11) is 0. The van der Waals surface area contributed by atoms with Crippen LogP contribution in [0.1, 0.15) is 27.4 Å². The molecule has 1 aromatic carbocycles. The first-order valence-corrected chi connectivity index (χ1v) is 9.74. The van der Waals surface area contributed by atoms with Crippen molar-refractivity contribution in [2.45, 2.75) is 25.8 Å². The molecule has 26 heavy (non-hydrogen) atoms. The fourth-order valence-corrected chi connectivity index (χ4v) is 4.13. The van der Waals surface area contributed by atoms with Crippen LogP contribution in [-0.4, -0.2) is 35.2 Å². The average molecular weight is 366 g/mol. The van der Waals surface area contributed by atoms with Gasteiger partial charge in [-0.3, -0.25) is 9.89 Å². The van der Waals surface area contributed by atoms with E-state index in [1.165, 1.54) is 11.3 Å². The average Bonchev–Trinajstić information content (AvgIpc) is 3.32. The number of piperidine rings is 1. The predicted octanol–water partition coefficient (Wildman–Crippen LogP) is 3.85. The highest BCUT2D eigenvalue weighted by molar-refractivity contribution is 7.13. The van der Waals surface area contributed by atoms with Crippen LogP contribution in [0.4, 0.5) is 5.82 Å². The summed E-state index contributed by atoms with van der Waals surface area (Å²) < 4.78 is 0. The van der Waals surface area contributed by atoms with Gasteiger partial charge in [0.1, 0.15) is 0 Å². The van der Waals surface area contributed by atoms with Crippen LogP contribution in [0.2, 0.25) is 0 Å². The molecule has 134 valence electrons. The summed E-state index contributed by atoms with van der Waals surface area (Å²) in [4.78, 5) is 16.6. The Morgan fingerprint density at radius 3 is 2.88 bits per heavy atom. The highest BCUT2D eigenvalue weighted by Crippen LogP contribution is 2.24. The summed E-state index contributed by atoms with van der Waals surface area (Å²) in [6, 6.07) is 16.3. The molecule has 3 aromatic rings. The third-order valence-electron chi connectivity index (χ3n) is 4.69. The molecule has 1 aliphatic heterocycles. The van der Waals surface area contributed by atoms with E-state index in [2.05, 4.69) is 38.6 Å². The monoisotopic (exact) mass is 366 g/mol. The van der Waals surface area contributed by atoms with Crippen LogP contribution in [0.15, 0.2) is 48.5 Å². The third-order valence-corrected chi connectivity index (χ3v) is 5.69. The minimum Gasteiger partial charge on any atom is -0.353 e. The van der Waals surface area contributed by atoms with Gasteiger partial charge in [0.25, 0.3) is 5.91 Å². The number of nitrogens with one attached hydrogen (secondary N) is 2. The van der Waals surface area contributed by atoms with Crippen molar-refractivity contribution < 1.29 is 4.79 Å². The molecule has 1 fully saturated rings. The maximum absolute atomic E-state index is 12.4. The smallest absolute Gasteiger partial charge is 0.261 e. The van der Waals surface area contributed by atoms with Gasteiger partial charge in [0.2, 0.25) is 0 Å². The zero-order valence-electron chi connectivity index (χ0n) is 14.7. The van der Waals surface area contributed by atoms with Crippen molar-refractivity contribution in [3.63, 3.8) is 0 Å². The minimum atomic E-state index is 0.0296. The largest absolute Gasteiger partial charge is 0.353 e. The Morgan fingerprint density at radius 1 is 1.27 bits per heavy atom. The molecule has 0 bridgehead atoms. The van der Waals surface area contributed by atoms with Gasteiger partial charge in [0.15, 0.2) is 5.82 Å². The summed E-state index contributed by atoms with van der Waals surface area (Å²) >= 11 is 1.54. The number of rotatable bonds is 4. The van der Waals surface area contributed by atoms with Crippen molar-refractivity contribution in [2.75, 3.05) is 18.0 Å². The van der Waals surface area contributed by atoms with Gasteiger partial charge in [-0.25, -0.2) is 0 Å². The van der Waals surface area contributed by atoms with Gasteiger partial charge in [0, 0.05) is 30.1 Å². The number of hydrogen-bond acceptors (Lipinski definition) is 4. The van der Waals surface area contributed by atoms with E-state index in [9.17, 15) is 4.79 Å². The molecule has 3 heterocycles. The van der Waals surface area contributed by atoms with Crippen molar-refractivity contribution in [3.05, 3.63) is 58.3 Å². The van der Waals surface area contributed by atoms with Crippen LogP contribution in [0.25, 0.3) is 11.3 Å². The second kappa shape index (κ2) is 7.33. The number of carbonyl (C=O) groups excluding carboxylic acids is 1. The van der Waals surface area contributed by atoms with E-state index in [1.54, 1.807) is 0 Å². The highest BCUT2D eigenvalue weighted by Gasteiger charge is 2.24. The molecule has 1 aliphatic rings. The molecular weight excluding hydrogens is 344 g/mol. The maximum atomic E-state index is 12.4. The Hall–Kier alpha value is -2.60. The molecule has 5 nitrogen and oxygen atoms in total. The number of amides is 1. The Balaban J connectivity index is 1.42. The summed E-state index contributed by atoms with van der Waals surface area (Å²) in [6.07, 6.45) is 2.05. The zero-order valence-corrected chi connectivity index (χ0v) is 15.6. The number of aromatic amines is 1. The van der Waals surface area contributed by atoms with Crippen molar-refractivity contribution >= 4 is 23.1 Å². The lowest BCUT2D eigenvalue weighted by Crippen LogP contribution is -2.47. The van der Waals surface area contributed by atoms with Crippen LogP contribution >= 0.6 is 11.3 Å². The molecule has 6 heteroatoms. The first-order valence-electron chi connectivity index (χ1n) is 8.92. The third kappa shape index (κ3) is 3.65. The van der Waals surface area contributed by atoms with Gasteiger partial charge in [0.05, 0.1) is 10.6 Å². The molecule has 1 saturated heterocycles. The topological polar surface area (TPSA) is 61.0 Å². The van der Waals surface area contributed by atoms with Crippen LogP contribution < -0.4 is 10.2 Å². The highest BCUT2D eigenvalue weighted by atomic mass is 32.1. The Labute approximate surface area is 157 Å². The molecule has 0 aliphatic carbocycles. The van der Waals surface area contributed by atoms with E-state index < -0.39 is 0 Å². The predicted molar refractivity (Wildman–Crippen MR) is 106 cm³/mol. The van der Waals surface area contributed by atoms with Crippen LogP contribution in [0.3, 0.4) is 0 Å².